The summed E-state index contributed by atoms with van der Waals surface area (Å²) in [6, 6.07) is 5.62. The van der Waals surface area contributed by atoms with Crippen LogP contribution in [-0.4, -0.2) is 44.7 Å². The molecule has 1 aromatic heterocycles. The van der Waals surface area contributed by atoms with Crippen LogP contribution in [0.2, 0.25) is 0 Å². The van der Waals surface area contributed by atoms with Crippen molar-refractivity contribution in [1.82, 2.24) is 15.2 Å². The maximum atomic E-state index is 12.7. The van der Waals surface area contributed by atoms with Crippen LogP contribution in [0.5, 0.6) is 5.75 Å². The molecule has 9 nitrogen and oxygen atoms in total. The van der Waals surface area contributed by atoms with Crippen molar-refractivity contribution in [2.45, 2.75) is 25.4 Å². The van der Waals surface area contributed by atoms with Crippen molar-refractivity contribution in [2.75, 3.05) is 0 Å². The fourth-order valence-electron chi connectivity index (χ4n) is 3.61. The molecule has 0 spiro atoms. The normalized spacial score (nSPS) is 18.8. The standard InChI is InChI=1S/C19H16N4O5/c20-17(26)16-13(6-11(24)7-21-16)9-1-2-12-10(5-9)8-23(19(12)28)14-3-4-15(25)22-18(14)27/h1-2,5-7,14,24H,3-4,8H2,(H2,20,26)(H,22,25,27). The lowest BCUT2D eigenvalue weighted by Crippen LogP contribution is -2.52. The zero-order valence-electron chi connectivity index (χ0n) is 14.6. The molecule has 9 heteroatoms. The summed E-state index contributed by atoms with van der Waals surface area (Å²) in [6.45, 7) is 0.201. The second-order valence-corrected chi connectivity index (χ2v) is 6.73. The first-order valence-electron chi connectivity index (χ1n) is 8.62. The number of benzene rings is 1. The summed E-state index contributed by atoms with van der Waals surface area (Å²) in [7, 11) is 0. The molecule has 4 N–H and O–H groups in total. The molecule has 2 aliphatic heterocycles. The van der Waals surface area contributed by atoms with Gasteiger partial charge in [0.15, 0.2) is 0 Å². The van der Waals surface area contributed by atoms with Gasteiger partial charge >= 0.3 is 0 Å². The van der Waals surface area contributed by atoms with E-state index in [0.29, 0.717) is 22.3 Å². The summed E-state index contributed by atoms with van der Waals surface area (Å²) in [4.78, 5) is 53.2. The zero-order valence-corrected chi connectivity index (χ0v) is 14.6. The Bertz CT molecular complexity index is 1050. The molecule has 142 valence electrons. The molecule has 28 heavy (non-hydrogen) atoms. The van der Waals surface area contributed by atoms with Crippen LogP contribution in [-0.2, 0) is 16.1 Å². The van der Waals surface area contributed by atoms with Crippen molar-refractivity contribution in [3.05, 3.63) is 47.3 Å². The van der Waals surface area contributed by atoms with Gasteiger partial charge in [-0.05, 0) is 35.7 Å². The molecule has 0 aliphatic carbocycles. The molecule has 2 aromatic rings. The fraction of sp³-hybridized carbons (Fsp3) is 0.211. The van der Waals surface area contributed by atoms with E-state index in [2.05, 4.69) is 10.3 Å². The van der Waals surface area contributed by atoms with Crippen LogP contribution in [0.1, 0.15) is 39.3 Å². The molecule has 1 unspecified atom stereocenters. The predicted molar refractivity (Wildman–Crippen MR) is 95.9 cm³/mol. The predicted octanol–water partition coefficient (Wildman–Crippen LogP) is 0.314. The Kier molecular flexibility index (Phi) is 4.07. The van der Waals surface area contributed by atoms with Crippen LogP contribution in [0, 0.1) is 0 Å². The largest absolute Gasteiger partial charge is 0.506 e. The van der Waals surface area contributed by atoms with Gasteiger partial charge in [-0.3, -0.25) is 24.5 Å². The van der Waals surface area contributed by atoms with Gasteiger partial charge < -0.3 is 15.7 Å². The van der Waals surface area contributed by atoms with E-state index < -0.39 is 17.9 Å². The van der Waals surface area contributed by atoms with Crippen molar-refractivity contribution in [3.63, 3.8) is 0 Å². The highest BCUT2D eigenvalue weighted by atomic mass is 16.3. The van der Waals surface area contributed by atoms with Crippen LogP contribution in [0.15, 0.2) is 30.5 Å². The van der Waals surface area contributed by atoms with E-state index in [1.54, 1.807) is 18.2 Å². The number of imide groups is 1. The van der Waals surface area contributed by atoms with Gasteiger partial charge in [0.05, 0.1) is 6.20 Å². The number of carbonyl (C=O) groups excluding carboxylic acids is 4. The Morgan fingerprint density at radius 2 is 2.00 bits per heavy atom. The molecule has 1 atom stereocenters. The van der Waals surface area contributed by atoms with E-state index in [1.165, 1.54) is 11.0 Å². The molecule has 1 saturated heterocycles. The third-order valence-electron chi connectivity index (χ3n) is 4.94. The van der Waals surface area contributed by atoms with Gasteiger partial charge in [0, 0.05) is 24.1 Å². The van der Waals surface area contributed by atoms with Crippen molar-refractivity contribution in [3.8, 4) is 16.9 Å². The van der Waals surface area contributed by atoms with Gasteiger partial charge in [-0.1, -0.05) is 6.07 Å². The number of primary amides is 1. The molecule has 2 aliphatic rings. The summed E-state index contributed by atoms with van der Waals surface area (Å²) in [5.41, 5.74) is 7.40. The number of nitrogens with zero attached hydrogens (tertiary/aromatic N) is 2. The first-order chi connectivity index (χ1) is 13.3. The van der Waals surface area contributed by atoms with Crippen molar-refractivity contribution in [2.24, 2.45) is 5.73 Å². The third kappa shape index (κ3) is 2.86. The molecule has 0 bridgehead atoms. The first-order valence-corrected chi connectivity index (χ1v) is 8.62. The van der Waals surface area contributed by atoms with Crippen LogP contribution >= 0.6 is 0 Å². The first kappa shape index (κ1) is 17.7. The lowest BCUT2D eigenvalue weighted by atomic mass is 9.99. The van der Waals surface area contributed by atoms with Crippen molar-refractivity contribution < 1.29 is 24.3 Å². The van der Waals surface area contributed by atoms with Gasteiger partial charge in [0.1, 0.15) is 17.5 Å². The summed E-state index contributed by atoms with van der Waals surface area (Å²) in [5.74, 6) is -1.98. The zero-order chi connectivity index (χ0) is 20.0. The minimum Gasteiger partial charge on any atom is -0.506 e. The van der Waals surface area contributed by atoms with E-state index in [4.69, 9.17) is 5.73 Å². The molecule has 4 amide bonds. The smallest absolute Gasteiger partial charge is 0.267 e. The van der Waals surface area contributed by atoms with E-state index in [0.717, 1.165) is 6.20 Å². The molecule has 1 aromatic carbocycles. The maximum Gasteiger partial charge on any atom is 0.267 e. The second-order valence-electron chi connectivity index (χ2n) is 6.73. The lowest BCUT2D eigenvalue weighted by molar-refractivity contribution is -0.136. The average molecular weight is 380 g/mol. The van der Waals surface area contributed by atoms with Crippen molar-refractivity contribution >= 4 is 23.6 Å². The number of hydrogen-bond donors (Lipinski definition) is 3. The maximum absolute atomic E-state index is 12.7. The number of rotatable bonds is 3. The van der Waals surface area contributed by atoms with E-state index in [9.17, 15) is 24.3 Å². The molecular formula is C19H16N4O5. The van der Waals surface area contributed by atoms with Gasteiger partial charge in [0.2, 0.25) is 11.8 Å². The summed E-state index contributed by atoms with van der Waals surface area (Å²) in [6.07, 6.45) is 1.59. The number of nitrogens with one attached hydrogen (secondary N) is 1. The molecule has 3 heterocycles. The van der Waals surface area contributed by atoms with E-state index in [-0.39, 0.29) is 42.6 Å². The van der Waals surface area contributed by atoms with Crippen molar-refractivity contribution in [1.29, 1.82) is 0 Å². The number of hydrogen-bond acceptors (Lipinski definition) is 6. The minimum atomic E-state index is -0.739. The average Bonchev–Trinajstić information content (AvgIpc) is 2.97. The fourth-order valence-corrected chi connectivity index (χ4v) is 3.61. The quantitative estimate of drug-likeness (QED) is 0.654. The number of aromatic nitrogens is 1. The van der Waals surface area contributed by atoms with Gasteiger partial charge in [-0.25, -0.2) is 4.98 Å². The molecule has 0 saturated carbocycles. The van der Waals surface area contributed by atoms with Gasteiger partial charge in [-0.2, -0.15) is 0 Å². The number of aromatic hydroxyl groups is 1. The van der Waals surface area contributed by atoms with Crippen LogP contribution < -0.4 is 11.1 Å². The number of pyridine rings is 1. The minimum absolute atomic E-state index is 0.00380. The van der Waals surface area contributed by atoms with E-state index in [1.807, 2.05) is 0 Å². The Labute approximate surface area is 159 Å². The highest BCUT2D eigenvalue weighted by Crippen LogP contribution is 2.33. The highest BCUT2D eigenvalue weighted by Gasteiger charge is 2.39. The Hall–Kier alpha value is -3.75. The molecule has 4 rings (SSSR count). The summed E-state index contributed by atoms with van der Waals surface area (Å²) in [5, 5.41) is 12.0. The summed E-state index contributed by atoms with van der Waals surface area (Å²) < 4.78 is 0. The molecule has 0 radical (unpaired) electrons. The number of carbonyl (C=O) groups is 4. The Morgan fingerprint density at radius 3 is 2.71 bits per heavy atom. The van der Waals surface area contributed by atoms with Crippen LogP contribution in [0.3, 0.4) is 0 Å². The number of amides is 4. The SMILES string of the molecule is NC(=O)c1ncc(O)cc1-c1ccc2c(c1)CN(C1CCC(=O)NC1=O)C2=O. The van der Waals surface area contributed by atoms with Crippen LogP contribution in [0.4, 0.5) is 0 Å². The van der Waals surface area contributed by atoms with Gasteiger partial charge in [-0.15, -0.1) is 0 Å². The number of nitrogens with two attached hydrogens (primary N) is 1. The molecule has 1 fully saturated rings. The Balaban J connectivity index is 1.69. The van der Waals surface area contributed by atoms with E-state index >= 15 is 0 Å². The highest BCUT2D eigenvalue weighted by molar-refractivity contribution is 6.06. The third-order valence-corrected chi connectivity index (χ3v) is 4.94. The van der Waals surface area contributed by atoms with Gasteiger partial charge in [0.25, 0.3) is 11.8 Å². The molecular weight excluding hydrogens is 364 g/mol. The summed E-state index contributed by atoms with van der Waals surface area (Å²) >= 11 is 0. The van der Waals surface area contributed by atoms with Crippen LogP contribution in [0.25, 0.3) is 11.1 Å². The lowest BCUT2D eigenvalue weighted by Gasteiger charge is -2.29. The monoisotopic (exact) mass is 380 g/mol. The number of piperidine rings is 1. The second kappa shape index (κ2) is 6.45. The Morgan fingerprint density at radius 1 is 1.21 bits per heavy atom. The number of fused-ring (bicyclic) bond motifs is 1. The topological polar surface area (TPSA) is 143 Å².